The van der Waals surface area contributed by atoms with Crippen molar-refractivity contribution in [2.45, 2.75) is 51.6 Å². The van der Waals surface area contributed by atoms with E-state index in [1.165, 1.54) is 19.3 Å². The summed E-state index contributed by atoms with van der Waals surface area (Å²) in [6.45, 7) is 8.06. The zero-order chi connectivity index (χ0) is 16.2. The smallest absolute Gasteiger partial charge is 0.237 e. The predicted molar refractivity (Wildman–Crippen MR) is 94.9 cm³/mol. The largest absolute Gasteiger partial charge is 0.352 e. The molecular formula is C17H28N4OS. The van der Waals surface area contributed by atoms with E-state index in [2.05, 4.69) is 27.0 Å². The number of amides is 1. The molecule has 3 atom stereocenters. The summed E-state index contributed by atoms with van der Waals surface area (Å²) in [5.74, 6) is 0.813. The first-order valence-corrected chi connectivity index (χ1v) is 9.72. The molecule has 1 saturated heterocycles. The number of hydrogen-bond donors (Lipinski definition) is 1. The first-order valence-electron chi connectivity index (χ1n) is 8.84. The maximum absolute atomic E-state index is 12.6. The molecule has 2 heterocycles. The van der Waals surface area contributed by atoms with Gasteiger partial charge in [0.15, 0.2) is 5.13 Å². The van der Waals surface area contributed by atoms with E-state index in [4.69, 9.17) is 0 Å². The number of hydrogen-bond acceptors (Lipinski definition) is 5. The summed E-state index contributed by atoms with van der Waals surface area (Å²) in [4.78, 5) is 21.6. The number of anilines is 1. The molecule has 6 heteroatoms. The molecular weight excluding hydrogens is 308 g/mol. The van der Waals surface area contributed by atoms with Crippen LogP contribution in [0.4, 0.5) is 5.13 Å². The van der Waals surface area contributed by atoms with Crippen LogP contribution in [-0.2, 0) is 4.79 Å². The molecule has 0 spiro atoms. The van der Waals surface area contributed by atoms with Gasteiger partial charge in [-0.3, -0.25) is 9.69 Å². The van der Waals surface area contributed by atoms with Crippen molar-refractivity contribution in [3.63, 3.8) is 0 Å². The van der Waals surface area contributed by atoms with Gasteiger partial charge in [0, 0.05) is 43.8 Å². The Morgan fingerprint density at radius 3 is 2.70 bits per heavy atom. The van der Waals surface area contributed by atoms with E-state index in [0.717, 1.165) is 37.7 Å². The third-order valence-corrected chi connectivity index (χ3v) is 6.20. The minimum absolute atomic E-state index is 0.0393. The Morgan fingerprint density at radius 2 is 2.04 bits per heavy atom. The molecule has 5 nitrogen and oxygen atoms in total. The van der Waals surface area contributed by atoms with E-state index in [1.54, 1.807) is 11.3 Å². The second kappa shape index (κ2) is 7.62. The van der Waals surface area contributed by atoms with Gasteiger partial charge in [0.2, 0.25) is 5.91 Å². The van der Waals surface area contributed by atoms with Gasteiger partial charge in [-0.15, -0.1) is 11.3 Å². The number of rotatable bonds is 4. The molecule has 23 heavy (non-hydrogen) atoms. The normalized spacial score (nSPS) is 27.7. The number of nitrogens with one attached hydrogen (secondary N) is 1. The Kier molecular flexibility index (Phi) is 5.54. The molecule has 0 radical (unpaired) electrons. The second-order valence-corrected chi connectivity index (χ2v) is 7.76. The van der Waals surface area contributed by atoms with E-state index in [0.29, 0.717) is 12.0 Å². The number of carbonyl (C=O) groups excluding carboxylic acids is 1. The molecule has 2 fully saturated rings. The van der Waals surface area contributed by atoms with Crippen LogP contribution in [-0.4, -0.2) is 54.1 Å². The van der Waals surface area contributed by atoms with Crippen LogP contribution in [0.25, 0.3) is 0 Å². The Labute approximate surface area is 143 Å². The third kappa shape index (κ3) is 4.04. The highest BCUT2D eigenvalue weighted by Gasteiger charge is 2.29. The standard InChI is InChI=1S/C17H28N4OS/c1-13-5-3-4-6-15(13)19-16(22)14(2)20-8-10-21(11-9-20)17-18-7-12-23-17/h7,12-15H,3-6,8-11H2,1-2H3,(H,19,22)/t13-,14+,15+/m1/s1. The third-order valence-electron chi connectivity index (χ3n) is 5.37. The molecule has 1 aromatic heterocycles. The first-order chi connectivity index (χ1) is 11.1. The van der Waals surface area contributed by atoms with Gasteiger partial charge in [-0.25, -0.2) is 4.98 Å². The summed E-state index contributed by atoms with van der Waals surface area (Å²) < 4.78 is 0. The SMILES string of the molecule is C[C@@H]1CCCC[C@@H]1NC(=O)[C@H](C)N1CCN(c2nccs2)CC1. The number of nitrogens with zero attached hydrogens (tertiary/aromatic N) is 3. The quantitative estimate of drug-likeness (QED) is 0.917. The zero-order valence-corrected chi connectivity index (χ0v) is 15.0. The maximum Gasteiger partial charge on any atom is 0.237 e. The fourth-order valence-electron chi connectivity index (χ4n) is 3.67. The van der Waals surface area contributed by atoms with Gasteiger partial charge >= 0.3 is 0 Å². The van der Waals surface area contributed by atoms with E-state index < -0.39 is 0 Å². The molecule has 0 aromatic carbocycles. The summed E-state index contributed by atoms with van der Waals surface area (Å²) >= 11 is 1.69. The van der Waals surface area contributed by atoms with Crippen LogP contribution in [0.3, 0.4) is 0 Å². The highest BCUT2D eigenvalue weighted by atomic mass is 32.1. The summed E-state index contributed by atoms with van der Waals surface area (Å²) in [6.07, 6.45) is 6.79. The highest BCUT2D eigenvalue weighted by Crippen LogP contribution is 2.24. The van der Waals surface area contributed by atoms with Crippen LogP contribution in [0.1, 0.15) is 39.5 Å². The molecule has 3 rings (SSSR count). The minimum atomic E-state index is -0.0393. The van der Waals surface area contributed by atoms with Crippen molar-refractivity contribution in [1.29, 1.82) is 0 Å². The molecule has 1 aliphatic heterocycles. The number of aromatic nitrogens is 1. The van der Waals surface area contributed by atoms with Crippen molar-refractivity contribution < 1.29 is 4.79 Å². The van der Waals surface area contributed by atoms with Gasteiger partial charge in [-0.05, 0) is 25.7 Å². The van der Waals surface area contributed by atoms with Crippen LogP contribution in [0, 0.1) is 5.92 Å². The molecule has 128 valence electrons. The number of thiazole rings is 1. The Balaban J connectivity index is 1.48. The Bertz CT molecular complexity index is 499. The van der Waals surface area contributed by atoms with Crippen molar-refractivity contribution in [2.75, 3.05) is 31.1 Å². The maximum atomic E-state index is 12.6. The second-order valence-electron chi connectivity index (χ2n) is 6.89. The minimum Gasteiger partial charge on any atom is -0.352 e. The molecule has 0 bridgehead atoms. The molecule has 1 saturated carbocycles. The van der Waals surface area contributed by atoms with Gasteiger partial charge < -0.3 is 10.2 Å². The summed E-state index contributed by atoms with van der Waals surface area (Å²) in [7, 11) is 0. The van der Waals surface area contributed by atoms with Gasteiger partial charge in [-0.2, -0.15) is 0 Å². The molecule has 0 unspecified atom stereocenters. The summed E-state index contributed by atoms with van der Waals surface area (Å²) in [5, 5.41) is 6.41. The molecule has 1 N–H and O–H groups in total. The average Bonchev–Trinajstić information content (AvgIpc) is 3.11. The fourth-order valence-corrected chi connectivity index (χ4v) is 4.37. The van der Waals surface area contributed by atoms with Gasteiger partial charge in [0.05, 0.1) is 6.04 Å². The van der Waals surface area contributed by atoms with E-state index in [-0.39, 0.29) is 11.9 Å². The monoisotopic (exact) mass is 336 g/mol. The average molecular weight is 337 g/mol. The van der Waals surface area contributed by atoms with Crippen molar-refractivity contribution in [1.82, 2.24) is 15.2 Å². The number of carbonyl (C=O) groups is 1. The lowest BCUT2D eigenvalue weighted by molar-refractivity contribution is -0.127. The predicted octanol–water partition coefficient (Wildman–Crippen LogP) is 2.35. The zero-order valence-electron chi connectivity index (χ0n) is 14.2. The van der Waals surface area contributed by atoms with Gasteiger partial charge in [0.1, 0.15) is 0 Å². The lowest BCUT2D eigenvalue weighted by Gasteiger charge is -2.38. The Morgan fingerprint density at radius 1 is 1.30 bits per heavy atom. The van der Waals surface area contributed by atoms with Crippen LogP contribution in [0.2, 0.25) is 0 Å². The molecule has 1 aromatic rings. The van der Waals surface area contributed by atoms with Crippen molar-refractivity contribution in [2.24, 2.45) is 5.92 Å². The van der Waals surface area contributed by atoms with Gasteiger partial charge in [0.25, 0.3) is 0 Å². The lowest BCUT2D eigenvalue weighted by atomic mass is 9.86. The summed E-state index contributed by atoms with van der Waals surface area (Å²) in [6, 6.07) is 0.331. The van der Waals surface area contributed by atoms with Crippen molar-refractivity contribution in [3.8, 4) is 0 Å². The number of piperazine rings is 1. The van der Waals surface area contributed by atoms with E-state index >= 15 is 0 Å². The van der Waals surface area contributed by atoms with Crippen LogP contribution in [0.15, 0.2) is 11.6 Å². The van der Waals surface area contributed by atoms with Gasteiger partial charge in [-0.1, -0.05) is 19.8 Å². The Hall–Kier alpha value is -1.14. The van der Waals surface area contributed by atoms with Crippen molar-refractivity contribution >= 4 is 22.4 Å². The molecule has 1 amide bonds. The topological polar surface area (TPSA) is 48.5 Å². The van der Waals surface area contributed by atoms with E-state index in [9.17, 15) is 4.79 Å². The summed E-state index contributed by atoms with van der Waals surface area (Å²) in [5.41, 5.74) is 0. The van der Waals surface area contributed by atoms with Crippen LogP contribution < -0.4 is 10.2 Å². The van der Waals surface area contributed by atoms with Crippen molar-refractivity contribution in [3.05, 3.63) is 11.6 Å². The van der Waals surface area contributed by atoms with Crippen LogP contribution in [0.5, 0.6) is 0 Å². The lowest BCUT2D eigenvalue weighted by Crippen LogP contribution is -2.55. The fraction of sp³-hybridized carbons (Fsp3) is 0.765. The molecule has 1 aliphatic carbocycles. The van der Waals surface area contributed by atoms with Crippen LogP contribution >= 0.6 is 11.3 Å². The first kappa shape index (κ1) is 16.7. The van der Waals surface area contributed by atoms with E-state index in [1.807, 2.05) is 18.5 Å². The highest BCUT2D eigenvalue weighted by molar-refractivity contribution is 7.13. The molecule has 2 aliphatic rings.